The zero-order valence-electron chi connectivity index (χ0n) is 14.7. The van der Waals surface area contributed by atoms with Gasteiger partial charge in [0, 0.05) is 31.5 Å². The molecule has 2 aromatic heterocycles. The first-order valence-electron chi connectivity index (χ1n) is 8.58. The van der Waals surface area contributed by atoms with Gasteiger partial charge in [-0.15, -0.1) is 0 Å². The van der Waals surface area contributed by atoms with Crippen molar-refractivity contribution in [1.82, 2.24) is 24.8 Å². The molecule has 2 N–H and O–H groups in total. The highest BCUT2D eigenvalue weighted by atomic mass is 16.1. The maximum absolute atomic E-state index is 12.2. The molecule has 7 nitrogen and oxygen atoms in total. The number of amides is 1. The molecule has 1 aromatic carbocycles. The summed E-state index contributed by atoms with van der Waals surface area (Å²) in [5.41, 5.74) is 2.39. The van der Waals surface area contributed by atoms with Crippen LogP contribution in [0.5, 0.6) is 0 Å². The van der Waals surface area contributed by atoms with Gasteiger partial charge >= 0.3 is 0 Å². The second kappa shape index (κ2) is 6.59. The average molecular weight is 348 g/mol. The number of benzene rings is 1. The Hall–Kier alpha value is -3.22. The Morgan fingerprint density at radius 3 is 2.77 bits per heavy atom. The van der Waals surface area contributed by atoms with Gasteiger partial charge in [-0.1, -0.05) is 30.3 Å². The zero-order chi connectivity index (χ0) is 18.1. The third kappa shape index (κ3) is 2.92. The molecule has 0 fully saturated rings. The van der Waals surface area contributed by atoms with Crippen LogP contribution in [0.1, 0.15) is 39.3 Å². The summed E-state index contributed by atoms with van der Waals surface area (Å²) >= 11 is 0. The van der Waals surface area contributed by atoms with Crippen LogP contribution in [-0.2, 0) is 13.5 Å². The van der Waals surface area contributed by atoms with Crippen molar-refractivity contribution in [2.75, 3.05) is 11.9 Å². The Balaban J connectivity index is 1.80. The molecule has 0 radical (unpaired) electrons. The zero-order valence-corrected chi connectivity index (χ0v) is 14.7. The highest BCUT2D eigenvalue weighted by Gasteiger charge is 2.26. The predicted octanol–water partition coefficient (Wildman–Crippen LogP) is 2.01. The van der Waals surface area contributed by atoms with E-state index in [-0.39, 0.29) is 11.9 Å². The molecule has 3 heterocycles. The molecule has 3 aromatic rings. The number of carbonyl (C=O) groups excluding carboxylic acids is 1. The summed E-state index contributed by atoms with van der Waals surface area (Å²) in [6.45, 7) is 2.39. The maximum Gasteiger partial charge on any atom is 0.270 e. The number of carbonyl (C=O) groups is 1. The third-order valence-corrected chi connectivity index (χ3v) is 4.53. The van der Waals surface area contributed by atoms with Crippen molar-refractivity contribution in [3.8, 4) is 0 Å². The Bertz CT molecular complexity index is 950. The van der Waals surface area contributed by atoms with E-state index in [1.165, 1.54) is 0 Å². The smallest absolute Gasteiger partial charge is 0.270 e. The molecule has 0 bridgehead atoms. The lowest BCUT2D eigenvalue weighted by Gasteiger charge is -2.24. The Kier molecular flexibility index (Phi) is 4.12. The number of rotatable bonds is 4. The normalized spacial score (nSPS) is 14.5. The molecule has 26 heavy (non-hydrogen) atoms. The molecule has 0 saturated carbocycles. The van der Waals surface area contributed by atoms with Gasteiger partial charge in [-0.05, 0) is 18.9 Å². The molecule has 1 unspecified atom stereocenters. The lowest BCUT2D eigenvalue weighted by molar-refractivity contribution is 0.0940. The van der Waals surface area contributed by atoms with E-state index in [0.29, 0.717) is 30.3 Å². The van der Waals surface area contributed by atoms with Crippen LogP contribution in [0.25, 0.3) is 0 Å². The predicted molar refractivity (Wildman–Crippen MR) is 97.9 cm³/mol. The van der Waals surface area contributed by atoms with E-state index in [1.54, 1.807) is 13.1 Å². The molecule has 0 saturated heterocycles. The van der Waals surface area contributed by atoms with E-state index >= 15 is 0 Å². The number of nitrogens with zero attached hydrogens (tertiary/aromatic N) is 4. The Morgan fingerprint density at radius 2 is 2.04 bits per heavy atom. The lowest BCUT2D eigenvalue weighted by Crippen LogP contribution is -2.34. The van der Waals surface area contributed by atoms with E-state index in [1.807, 2.05) is 36.0 Å². The molecule has 0 spiro atoms. The Morgan fingerprint density at radius 1 is 1.23 bits per heavy atom. The van der Waals surface area contributed by atoms with Crippen LogP contribution < -0.4 is 10.6 Å². The average Bonchev–Trinajstić information content (AvgIpc) is 3.07. The highest BCUT2D eigenvalue weighted by molar-refractivity contribution is 5.96. The van der Waals surface area contributed by atoms with Gasteiger partial charge in [0.05, 0.1) is 0 Å². The summed E-state index contributed by atoms with van der Waals surface area (Å²) in [7, 11) is 1.97. The van der Waals surface area contributed by atoms with Crippen LogP contribution in [0.15, 0.2) is 42.7 Å². The number of aromatic nitrogens is 4. The number of fused-ring (bicyclic) bond motifs is 1. The van der Waals surface area contributed by atoms with Crippen LogP contribution in [-0.4, -0.2) is 32.0 Å². The fourth-order valence-corrected chi connectivity index (χ4v) is 3.26. The summed E-state index contributed by atoms with van der Waals surface area (Å²) in [6.07, 6.45) is 4.40. The molecule has 7 heteroatoms. The van der Waals surface area contributed by atoms with Gasteiger partial charge in [0.25, 0.3) is 5.91 Å². The van der Waals surface area contributed by atoms with Gasteiger partial charge in [-0.3, -0.25) is 4.79 Å². The number of imidazole rings is 1. The lowest BCUT2D eigenvalue weighted by atomic mass is 10.0. The second-order valence-corrected chi connectivity index (χ2v) is 6.34. The monoisotopic (exact) mass is 348 g/mol. The fraction of sp³-hybridized carbons (Fsp3) is 0.263. The first-order chi connectivity index (χ1) is 12.6. The van der Waals surface area contributed by atoms with Crippen LogP contribution in [0.2, 0.25) is 0 Å². The summed E-state index contributed by atoms with van der Waals surface area (Å²) < 4.78 is 1.98. The second-order valence-electron chi connectivity index (χ2n) is 6.34. The number of hydrogen-bond acceptors (Lipinski definition) is 5. The largest absolute Gasteiger partial charge is 0.356 e. The number of anilines is 1. The van der Waals surface area contributed by atoms with E-state index in [9.17, 15) is 4.79 Å². The van der Waals surface area contributed by atoms with Gasteiger partial charge in [0.2, 0.25) is 0 Å². The van der Waals surface area contributed by atoms with Crippen molar-refractivity contribution in [1.29, 1.82) is 0 Å². The summed E-state index contributed by atoms with van der Waals surface area (Å²) in [5.74, 6) is 1.99. The number of nitrogens with one attached hydrogen (secondary N) is 2. The van der Waals surface area contributed by atoms with Crippen molar-refractivity contribution < 1.29 is 4.79 Å². The summed E-state index contributed by atoms with van der Waals surface area (Å²) in [5, 5.41) is 6.35. The highest BCUT2D eigenvalue weighted by Crippen LogP contribution is 2.28. The van der Waals surface area contributed by atoms with E-state index < -0.39 is 0 Å². The molecular weight excluding hydrogens is 328 g/mol. The van der Waals surface area contributed by atoms with Gasteiger partial charge < -0.3 is 15.2 Å². The fourth-order valence-electron chi connectivity index (χ4n) is 3.26. The first-order valence-corrected chi connectivity index (χ1v) is 8.58. The molecule has 0 aliphatic carbocycles. The molecular formula is C19H20N6O. The molecule has 1 aliphatic rings. The van der Waals surface area contributed by atoms with Crippen molar-refractivity contribution >= 4 is 11.7 Å². The Labute approximate surface area is 151 Å². The van der Waals surface area contributed by atoms with Crippen LogP contribution in [0, 0.1) is 6.92 Å². The molecule has 132 valence electrons. The van der Waals surface area contributed by atoms with Crippen molar-refractivity contribution in [2.24, 2.45) is 7.05 Å². The molecule has 1 atom stereocenters. The van der Waals surface area contributed by atoms with Gasteiger partial charge in [-0.2, -0.15) is 0 Å². The van der Waals surface area contributed by atoms with Crippen molar-refractivity contribution in [3.05, 3.63) is 71.2 Å². The van der Waals surface area contributed by atoms with E-state index in [2.05, 4.69) is 37.7 Å². The SMILES string of the molecule is Cc1nc(NC(c2ccccc2)c2nccn2C)c2c(n1)C(=O)NCC2. The first kappa shape index (κ1) is 16.3. The number of aryl methyl sites for hydroxylation is 2. The maximum atomic E-state index is 12.2. The van der Waals surface area contributed by atoms with Gasteiger partial charge in [0.15, 0.2) is 0 Å². The van der Waals surface area contributed by atoms with Crippen LogP contribution in [0.4, 0.5) is 5.82 Å². The number of hydrogen-bond donors (Lipinski definition) is 2. The van der Waals surface area contributed by atoms with Gasteiger partial charge in [0.1, 0.15) is 29.2 Å². The van der Waals surface area contributed by atoms with Crippen LogP contribution >= 0.6 is 0 Å². The molecule has 1 aliphatic heterocycles. The van der Waals surface area contributed by atoms with E-state index in [0.717, 1.165) is 17.0 Å². The van der Waals surface area contributed by atoms with Crippen molar-refractivity contribution in [3.63, 3.8) is 0 Å². The minimum absolute atomic E-state index is 0.145. The van der Waals surface area contributed by atoms with E-state index in [4.69, 9.17) is 0 Å². The quantitative estimate of drug-likeness (QED) is 0.753. The minimum Gasteiger partial charge on any atom is -0.356 e. The minimum atomic E-state index is -0.181. The van der Waals surface area contributed by atoms with Crippen molar-refractivity contribution in [2.45, 2.75) is 19.4 Å². The molecule has 1 amide bonds. The third-order valence-electron chi connectivity index (χ3n) is 4.53. The standard InChI is InChI=1S/C19H20N6O/c1-12-22-16-14(8-9-21-19(16)26)17(23-12)24-15(13-6-4-3-5-7-13)18-20-10-11-25(18)2/h3-7,10-11,15H,8-9H2,1-2H3,(H,21,26)(H,22,23,24). The summed E-state index contributed by atoms with van der Waals surface area (Å²) in [4.78, 5) is 25.6. The molecule has 4 rings (SSSR count). The summed E-state index contributed by atoms with van der Waals surface area (Å²) in [6, 6.07) is 9.92. The van der Waals surface area contributed by atoms with Crippen LogP contribution in [0.3, 0.4) is 0 Å². The topological polar surface area (TPSA) is 84.7 Å². The van der Waals surface area contributed by atoms with Gasteiger partial charge in [-0.25, -0.2) is 15.0 Å².